The molecule has 1 atom stereocenters. The summed E-state index contributed by atoms with van der Waals surface area (Å²) in [7, 11) is 7.27. The van der Waals surface area contributed by atoms with Crippen molar-refractivity contribution in [2.75, 3.05) is 52.8 Å². The number of likely N-dealkylation sites (tertiary alicyclic amines) is 1. The van der Waals surface area contributed by atoms with Crippen LogP contribution in [0.3, 0.4) is 0 Å². The lowest BCUT2D eigenvalue weighted by atomic mass is 9.92. The van der Waals surface area contributed by atoms with Crippen molar-refractivity contribution in [3.63, 3.8) is 0 Å². The molecule has 0 radical (unpaired) electrons. The molecule has 1 fully saturated rings. The maximum absolute atomic E-state index is 12.5. The van der Waals surface area contributed by atoms with Crippen LogP contribution in [0.15, 0.2) is 6.07 Å². The monoisotopic (exact) mass is 405 g/mol. The summed E-state index contributed by atoms with van der Waals surface area (Å²) in [5, 5.41) is 0. The highest BCUT2D eigenvalue weighted by molar-refractivity contribution is 5.79. The van der Waals surface area contributed by atoms with E-state index in [1.54, 1.807) is 19.1 Å². The minimum atomic E-state index is -0.0707. The molecule has 0 unspecified atom stereocenters. The number of rotatable bonds is 8. The first-order chi connectivity index (χ1) is 13.5. The number of hydrogen-bond donors (Lipinski definition) is 0. The van der Waals surface area contributed by atoms with E-state index >= 15 is 0 Å². The lowest BCUT2D eigenvalue weighted by Gasteiger charge is -2.24. The van der Waals surface area contributed by atoms with Crippen LogP contribution in [0.25, 0.3) is 0 Å². The van der Waals surface area contributed by atoms with Crippen molar-refractivity contribution in [1.29, 1.82) is 0 Å². The molecule has 0 spiro atoms. The van der Waals surface area contributed by atoms with E-state index in [1.165, 1.54) is 0 Å². The molecule has 0 aromatic carbocycles. The second-order valence-electron chi connectivity index (χ2n) is 9.18. The second kappa shape index (κ2) is 9.52. The fourth-order valence-electron chi connectivity index (χ4n) is 3.29. The number of carbonyl (C=O) groups excluding carboxylic acids is 2. The molecule has 1 aliphatic heterocycles. The van der Waals surface area contributed by atoms with Crippen molar-refractivity contribution >= 4 is 17.6 Å². The molecule has 162 valence electrons. The Kier molecular flexibility index (Phi) is 7.57. The maximum atomic E-state index is 12.5. The normalized spacial score (nSPS) is 17.0. The summed E-state index contributed by atoms with van der Waals surface area (Å²) in [6.07, 6.45) is 0.904. The topological polar surface area (TPSA) is 78.9 Å². The summed E-state index contributed by atoms with van der Waals surface area (Å²) in [6.45, 7) is 8.23. The molecule has 2 amide bonds. The zero-order chi connectivity index (χ0) is 21.8. The third-order valence-corrected chi connectivity index (χ3v) is 4.92. The van der Waals surface area contributed by atoms with Crippen LogP contribution in [0, 0.1) is 5.41 Å². The summed E-state index contributed by atoms with van der Waals surface area (Å²) >= 11 is 0. The summed E-state index contributed by atoms with van der Waals surface area (Å²) in [5.74, 6) is 1.59. The fourth-order valence-corrected chi connectivity index (χ4v) is 3.29. The average molecular weight is 406 g/mol. The zero-order valence-electron chi connectivity index (χ0n) is 18.9. The van der Waals surface area contributed by atoms with Gasteiger partial charge in [-0.05, 0) is 5.41 Å². The van der Waals surface area contributed by atoms with Crippen LogP contribution in [0.2, 0.25) is 0 Å². The molecule has 0 N–H and O–H groups in total. The van der Waals surface area contributed by atoms with Gasteiger partial charge in [0.2, 0.25) is 11.8 Å². The summed E-state index contributed by atoms with van der Waals surface area (Å²) in [6, 6.07) is 1.94. The smallest absolute Gasteiger partial charge is 0.223 e. The molecule has 29 heavy (non-hydrogen) atoms. The van der Waals surface area contributed by atoms with Gasteiger partial charge in [-0.2, -0.15) is 0 Å². The predicted molar refractivity (Wildman–Crippen MR) is 113 cm³/mol. The van der Waals surface area contributed by atoms with E-state index in [2.05, 4.69) is 4.98 Å². The Labute approximate surface area is 174 Å². The van der Waals surface area contributed by atoms with Crippen LogP contribution in [-0.2, 0) is 20.9 Å². The van der Waals surface area contributed by atoms with Gasteiger partial charge in [0.25, 0.3) is 0 Å². The Hall–Kier alpha value is -2.22. The van der Waals surface area contributed by atoms with E-state index in [0.717, 1.165) is 11.5 Å². The molecule has 8 heteroatoms. The first kappa shape index (κ1) is 23.1. The average Bonchev–Trinajstić information content (AvgIpc) is 2.99. The number of aromatic nitrogens is 2. The van der Waals surface area contributed by atoms with E-state index in [4.69, 9.17) is 9.72 Å². The van der Waals surface area contributed by atoms with Crippen molar-refractivity contribution in [2.45, 2.75) is 46.1 Å². The van der Waals surface area contributed by atoms with Gasteiger partial charge in [-0.25, -0.2) is 9.97 Å². The third-order valence-electron chi connectivity index (χ3n) is 4.92. The minimum Gasteiger partial charge on any atom is -0.383 e. The van der Waals surface area contributed by atoms with E-state index in [1.807, 2.05) is 50.7 Å². The van der Waals surface area contributed by atoms with Gasteiger partial charge in [0.05, 0.1) is 18.8 Å². The Morgan fingerprint density at radius 1 is 1.28 bits per heavy atom. The van der Waals surface area contributed by atoms with Crippen LogP contribution in [0.1, 0.15) is 51.0 Å². The lowest BCUT2D eigenvalue weighted by Crippen LogP contribution is -2.31. The van der Waals surface area contributed by atoms with Crippen LogP contribution in [0.4, 0.5) is 5.82 Å². The quantitative estimate of drug-likeness (QED) is 0.657. The number of nitrogens with zero attached hydrogens (tertiary/aromatic N) is 5. The summed E-state index contributed by atoms with van der Waals surface area (Å²) < 4.78 is 5.10. The SMILES string of the molecule is COCCN1C[C@@H](c2cc(N(C)C)nc(CN(C)C(=O)CC(C)(C)C)n2)CC1=O. The van der Waals surface area contributed by atoms with Gasteiger partial charge in [0, 0.05) is 66.2 Å². The van der Waals surface area contributed by atoms with Crippen LogP contribution in [-0.4, -0.2) is 79.5 Å². The van der Waals surface area contributed by atoms with Gasteiger partial charge >= 0.3 is 0 Å². The minimum absolute atomic E-state index is 0.0235. The van der Waals surface area contributed by atoms with Crippen molar-refractivity contribution < 1.29 is 14.3 Å². The van der Waals surface area contributed by atoms with Crippen LogP contribution < -0.4 is 4.90 Å². The number of hydrogen-bond acceptors (Lipinski definition) is 6. The molecule has 2 rings (SSSR count). The Bertz CT molecular complexity index is 730. The number of amides is 2. The summed E-state index contributed by atoms with van der Waals surface area (Å²) in [5.41, 5.74) is 0.780. The molecule has 1 aromatic heterocycles. The van der Waals surface area contributed by atoms with E-state index in [0.29, 0.717) is 44.9 Å². The zero-order valence-corrected chi connectivity index (χ0v) is 18.9. The van der Waals surface area contributed by atoms with Gasteiger partial charge in [0.1, 0.15) is 11.6 Å². The van der Waals surface area contributed by atoms with E-state index in [-0.39, 0.29) is 23.1 Å². The Morgan fingerprint density at radius 3 is 2.55 bits per heavy atom. The lowest BCUT2D eigenvalue weighted by molar-refractivity contribution is -0.132. The number of ether oxygens (including phenoxy) is 1. The molecular formula is C21H35N5O3. The molecule has 0 bridgehead atoms. The highest BCUT2D eigenvalue weighted by Gasteiger charge is 2.32. The van der Waals surface area contributed by atoms with Gasteiger partial charge in [-0.1, -0.05) is 20.8 Å². The van der Waals surface area contributed by atoms with Crippen molar-refractivity contribution in [1.82, 2.24) is 19.8 Å². The molecule has 0 aliphatic carbocycles. The fraction of sp³-hybridized carbons (Fsp3) is 0.714. The second-order valence-corrected chi connectivity index (χ2v) is 9.18. The Balaban J connectivity index is 2.19. The molecule has 1 aromatic rings. The number of methoxy groups -OCH3 is 1. The molecule has 8 nitrogen and oxygen atoms in total. The largest absolute Gasteiger partial charge is 0.383 e. The van der Waals surface area contributed by atoms with E-state index < -0.39 is 0 Å². The van der Waals surface area contributed by atoms with Crippen LogP contribution in [0.5, 0.6) is 0 Å². The van der Waals surface area contributed by atoms with Crippen LogP contribution >= 0.6 is 0 Å². The van der Waals surface area contributed by atoms with Crippen molar-refractivity contribution in [3.8, 4) is 0 Å². The highest BCUT2D eigenvalue weighted by Crippen LogP contribution is 2.29. The van der Waals surface area contributed by atoms with Gasteiger partial charge < -0.3 is 19.4 Å². The summed E-state index contributed by atoms with van der Waals surface area (Å²) in [4.78, 5) is 39.6. The number of anilines is 1. The first-order valence-corrected chi connectivity index (χ1v) is 10.1. The molecule has 2 heterocycles. The Morgan fingerprint density at radius 2 is 1.97 bits per heavy atom. The maximum Gasteiger partial charge on any atom is 0.223 e. The molecule has 0 saturated carbocycles. The van der Waals surface area contributed by atoms with Crippen molar-refractivity contribution in [3.05, 3.63) is 17.6 Å². The molecule has 1 aliphatic rings. The third kappa shape index (κ3) is 6.66. The van der Waals surface area contributed by atoms with Gasteiger partial charge in [0.15, 0.2) is 0 Å². The first-order valence-electron chi connectivity index (χ1n) is 10.1. The molecule has 1 saturated heterocycles. The predicted octanol–water partition coefficient (Wildman–Crippen LogP) is 1.90. The van der Waals surface area contributed by atoms with Crippen molar-refractivity contribution in [2.24, 2.45) is 5.41 Å². The highest BCUT2D eigenvalue weighted by atomic mass is 16.5. The molecular weight excluding hydrogens is 370 g/mol. The standard InChI is InChI=1S/C21H35N5O3/c1-21(2,3)12-20(28)25(6)14-17-22-16(11-18(23-17)24(4)5)15-10-19(27)26(13-15)8-9-29-7/h11,15H,8-10,12-14H2,1-7H3/t15-/m0/s1. The van der Waals surface area contributed by atoms with Gasteiger partial charge in [-0.3, -0.25) is 9.59 Å². The van der Waals surface area contributed by atoms with E-state index in [9.17, 15) is 9.59 Å². The van der Waals surface area contributed by atoms with Gasteiger partial charge in [-0.15, -0.1) is 0 Å². The number of carbonyl (C=O) groups is 2.